The maximum Gasteiger partial charge on any atom is 0.227 e. The zero-order chi connectivity index (χ0) is 21.1. The van der Waals surface area contributed by atoms with Gasteiger partial charge in [0.2, 0.25) is 5.91 Å². The van der Waals surface area contributed by atoms with Crippen molar-refractivity contribution < 1.29 is 14.3 Å². The molecule has 2 aliphatic rings. The molecule has 1 aliphatic heterocycles. The van der Waals surface area contributed by atoms with Gasteiger partial charge in [-0.3, -0.25) is 9.69 Å². The molecule has 7 nitrogen and oxygen atoms in total. The molecule has 2 aromatic rings. The fourth-order valence-electron chi connectivity index (χ4n) is 3.98. The molecular formula is C23H30N4O3. The van der Waals surface area contributed by atoms with Crippen LogP contribution in [-0.2, 0) is 9.53 Å². The minimum absolute atomic E-state index is 0.0918. The summed E-state index contributed by atoms with van der Waals surface area (Å²) < 4.78 is 11.6. The zero-order valence-corrected chi connectivity index (χ0v) is 18.0. The van der Waals surface area contributed by atoms with Crippen molar-refractivity contribution in [1.29, 1.82) is 0 Å². The van der Waals surface area contributed by atoms with Crippen molar-refractivity contribution in [2.45, 2.75) is 39.2 Å². The highest BCUT2D eigenvalue weighted by atomic mass is 16.5. The molecule has 2 fully saturated rings. The molecule has 7 heteroatoms. The summed E-state index contributed by atoms with van der Waals surface area (Å²) in [6, 6.07) is 5.82. The Balaban J connectivity index is 1.53. The second kappa shape index (κ2) is 9.10. The van der Waals surface area contributed by atoms with Crippen LogP contribution in [0.5, 0.6) is 5.75 Å². The largest absolute Gasteiger partial charge is 0.492 e. The molecular weight excluding hydrogens is 380 g/mol. The standard InChI is InChI=1S/C23H30N4O3/c1-15-22(16(2)25-14-24-15)20-12-18(26-23(28)17-4-5-17)6-7-21(20)30-11-10-27-9-8-19(13-27)29-3/h6-7,12,14,17,19H,4-5,8-11,13H2,1-3H3,(H,26,28)/t19-/m0/s1. The first-order valence-corrected chi connectivity index (χ1v) is 10.7. The van der Waals surface area contributed by atoms with Crippen molar-refractivity contribution in [3.63, 3.8) is 0 Å². The Kier molecular flexibility index (Phi) is 6.29. The average molecular weight is 411 g/mol. The predicted octanol–water partition coefficient (Wildman–Crippen LogP) is 3.21. The van der Waals surface area contributed by atoms with E-state index in [-0.39, 0.29) is 11.8 Å². The summed E-state index contributed by atoms with van der Waals surface area (Å²) in [5, 5.41) is 3.03. The van der Waals surface area contributed by atoms with Crippen LogP contribution in [0.4, 0.5) is 5.69 Å². The molecule has 1 saturated heterocycles. The number of nitrogens with one attached hydrogen (secondary N) is 1. The highest BCUT2D eigenvalue weighted by Gasteiger charge is 2.29. The van der Waals surface area contributed by atoms with Crippen LogP contribution in [0.3, 0.4) is 0 Å². The number of carbonyl (C=O) groups is 1. The Hall–Kier alpha value is -2.51. The van der Waals surface area contributed by atoms with Crippen LogP contribution in [-0.4, -0.2) is 60.2 Å². The molecule has 1 aliphatic carbocycles. The summed E-state index contributed by atoms with van der Waals surface area (Å²) >= 11 is 0. The summed E-state index contributed by atoms with van der Waals surface area (Å²) in [5.41, 5.74) is 4.42. The number of hydrogen-bond acceptors (Lipinski definition) is 6. The van der Waals surface area contributed by atoms with Gasteiger partial charge in [-0.2, -0.15) is 0 Å². The Bertz CT molecular complexity index is 893. The molecule has 0 spiro atoms. The van der Waals surface area contributed by atoms with Crippen LogP contribution in [0.25, 0.3) is 11.1 Å². The fraction of sp³-hybridized carbons (Fsp3) is 0.522. The third-order valence-corrected chi connectivity index (χ3v) is 5.92. The van der Waals surface area contributed by atoms with Crippen molar-refractivity contribution in [3.8, 4) is 16.9 Å². The summed E-state index contributed by atoms with van der Waals surface area (Å²) in [7, 11) is 1.77. The summed E-state index contributed by atoms with van der Waals surface area (Å²) in [5.74, 6) is 1.03. The number of nitrogens with zero attached hydrogens (tertiary/aromatic N) is 3. The van der Waals surface area contributed by atoms with Gasteiger partial charge in [-0.05, 0) is 51.3 Å². The van der Waals surface area contributed by atoms with Crippen molar-refractivity contribution in [2.24, 2.45) is 5.92 Å². The number of carbonyl (C=O) groups excluding carboxylic acids is 1. The topological polar surface area (TPSA) is 76.6 Å². The van der Waals surface area contributed by atoms with E-state index in [1.807, 2.05) is 32.0 Å². The quantitative estimate of drug-likeness (QED) is 0.720. The number of aromatic nitrogens is 2. The maximum atomic E-state index is 12.2. The second-order valence-corrected chi connectivity index (χ2v) is 8.19. The van der Waals surface area contributed by atoms with Gasteiger partial charge >= 0.3 is 0 Å². The number of amides is 1. The monoisotopic (exact) mass is 410 g/mol. The normalized spacial score (nSPS) is 19.1. The first-order chi connectivity index (χ1) is 14.5. The van der Waals surface area contributed by atoms with E-state index in [0.717, 1.165) is 72.8 Å². The lowest BCUT2D eigenvalue weighted by molar-refractivity contribution is -0.117. The van der Waals surface area contributed by atoms with Crippen molar-refractivity contribution in [1.82, 2.24) is 14.9 Å². The lowest BCUT2D eigenvalue weighted by atomic mass is 10.0. The molecule has 0 bridgehead atoms. The molecule has 2 heterocycles. The van der Waals surface area contributed by atoms with Crippen molar-refractivity contribution >= 4 is 11.6 Å². The molecule has 1 N–H and O–H groups in total. The number of aryl methyl sites for hydroxylation is 2. The van der Waals surface area contributed by atoms with E-state index in [4.69, 9.17) is 9.47 Å². The van der Waals surface area contributed by atoms with Gasteiger partial charge in [-0.15, -0.1) is 0 Å². The van der Waals surface area contributed by atoms with E-state index in [9.17, 15) is 4.79 Å². The summed E-state index contributed by atoms with van der Waals surface area (Å²) in [6.07, 6.45) is 4.92. The highest BCUT2D eigenvalue weighted by Crippen LogP contribution is 2.36. The Morgan fingerprint density at radius 2 is 1.97 bits per heavy atom. The number of methoxy groups -OCH3 is 1. The fourth-order valence-corrected chi connectivity index (χ4v) is 3.98. The van der Waals surface area contributed by atoms with Crippen molar-refractivity contribution in [3.05, 3.63) is 35.9 Å². The van der Waals surface area contributed by atoms with Crippen LogP contribution in [0, 0.1) is 19.8 Å². The van der Waals surface area contributed by atoms with Gasteiger partial charge in [0.1, 0.15) is 18.7 Å². The van der Waals surface area contributed by atoms with Crippen LogP contribution < -0.4 is 10.1 Å². The van der Waals surface area contributed by atoms with Gasteiger partial charge in [0, 0.05) is 60.9 Å². The van der Waals surface area contributed by atoms with E-state index < -0.39 is 0 Å². The molecule has 4 rings (SSSR count). The number of likely N-dealkylation sites (tertiary alicyclic amines) is 1. The van der Waals surface area contributed by atoms with E-state index >= 15 is 0 Å². The highest BCUT2D eigenvalue weighted by molar-refractivity contribution is 5.95. The molecule has 1 aromatic heterocycles. The molecule has 160 valence electrons. The SMILES string of the molecule is CO[C@H]1CCN(CCOc2ccc(NC(=O)C3CC3)cc2-c2c(C)ncnc2C)C1. The van der Waals surface area contributed by atoms with Gasteiger partial charge in [0.15, 0.2) is 0 Å². The second-order valence-electron chi connectivity index (χ2n) is 8.19. The number of benzene rings is 1. The Morgan fingerprint density at radius 1 is 1.20 bits per heavy atom. The van der Waals surface area contributed by atoms with Crippen molar-refractivity contribution in [2.75, 3.05) is 38.7 Å². The predicted molar refractivity (Wildman–Crippen MR) is 116 cm³/mol. The van der Waals surface area contributed by atoms with Gasteiger partial charge in [0.25, 0.3) is 0 Å². The van der Waals surface area contributed by atoms with Crippen LogP contribution >= 0.6 is 0 Å². The number of hydrogen-bond donors (Lipinski definition) is 1. The van der Waals surface area contributed by atoms with Gasteiger partial charge in [0.05, 0.1) is 6.10 Å². The lowest BCUT2D eigenvalue weighted by Gasteiger charge is -2.19. The van der Waals surface area contributed by atoms with Crippen LogP contribution in [0.15, 0.2) is 24.5 Å². The first-order valence-electron chi connectivity index (χ1n) is 10.7. The number of anilines is 1. The van der Waals surface area contributed by atoms with Gasteiger partial charge in [-0.1, -0.05) is 0 Å². The summed E-state index contributed by atoms with van der Waals surface area (Å²) in [6.45, 7) is 7.36. The number of ether oxygens (including phenoxy) is 2. The van der Waals surface area contributed by atoms with Gasteiger partial charge in [-0.25, -0.2) is 9.97 Å². The van der Waals surface area contributed by atoms with Gasteiger partial charge < -0.3 is 14.8 Å². The van der Waals surface area contributed by atoms with Crippen LogP contribution in [0.1, 0.15) is 30.7 Å². The molecule has 0 radical (unpaired) electrons. The van der Waals surface area contributed by atoms with E-state index in [2.05, 4.69) is 20.2 Å². The zero-order valence-electron chi connectivity index (χ0n) is 18.0. The molecule has 1 aromatic carbocycles. The third-order valence-electron chi connectivity index (χ3n) is 5.92. The molecule has 1 saturated carbocycles. The van der Waals surface area contributed by atoms with E-state index in [0.29, 0.717) is 12.7 Å². The lowest BCUT2D eigenvalue weighted by Crippen LogP contribution is -2.27. The van der Waals surface area contributed by atoms with E-state index in [1.54, 1.807) is 13.4 Å². The maximum absolute atomic E-state index is 12.2. The third kappa shape index (κ3) is 4.79. The van der Waals surface area contributed by atoms with E-state index in [1.165, 1.54) is 0 Å². The Labute approximate surface area is 177 Å². The number of rotatable bonds is 8. The minimum Gasteiger partial charge on any atom is -0.492 e. The first kappa shape index (κ1) is 20.8. The molecule has 1 amide bonds. The summed E-state index contributed by atoms with van der Waals surface area (Å²) in [4.78, 5) is 23.3. The molecule has 0 unspecified atom stereocenters. The smallest absolute Gasteiger partial charge is 0.227 e. The Morgan fingerprint density at radius 3 is 2.63 bits per heavy atom. The van der Waals surface area contributed by atoms with Crippen LogP contribution in [0.2, 0.25) is 0 Å². The molecule has 1 atom stereocenters. The average Bonchev–Trinajstić information content (AvgIpc) is 3.48. The minimum atomic E-state index is 0.0918. The molecule has 30 heavy (non-hydrogen) atoms.